The van der Waals surface area contributed by atoms with E-state index in [1.165, 1.54) is 19.2 Å². The summed E-state index contributed by atoms with van der Waals surface area (Å²) in [7, 11) is -0.948. The fourth-order valence-corrected chi connectivity index (χ4v) is 4.91. The van der Waals surface area contributed by atoms with Gasteiger partial charge in [0, 0.05) is 19.7 Å². The van der Waals surface area contributed by atoms with Crippen molar-refractivity contribution in [2.75, 3.05) is 32.7 Å². The monoisotopic (exact) mass is 526 g/mol. The molecule has 2 amide bonds. The number of nitrogens with one attached hydrogen (secondary N) is 1. The maximum Gasteiger partial charge on any atom is 0.339 e. The summed E-state index contributed by atoms with van der Waals surface area (Å²) in [4.78, 5) is 14.9. The smallest absolute Gasteiger partial charge is 0.339 e. The third-order valence-corrected chi connectivity index (χ3v) is 7.20. The molecule has 1 unspecified atom stereocenters. The molecule has 0 saturated carbocycles. The second-order valence-electron chi connectivity index (χ2n) is 8.50. The van der Waals surface area contributed by atoms with E-state index in [4.69, 9.17) is 18.4 Å². The molecule has 3 aromatic carbocycles. The first kappa shape index (κ1) is 26.3. The number of hydrogen-bond donors (Lipinski definition) is 1. The summed E-state index contributed by atoms with van der Waals surface area (Å²) in [6.45, 7) is 1.40. The van der Waals surface area contributed by atoms with Crippen LogP contribution in [0, 0.1) is 0 Å². The lowest BCUT2D eigenvalue weighted by atomic mass is 10.2. The first-order valence-corrected chi connectivity index (χ1v) is 13.3. The number of benzene rings is 3. The number of methoxy groups -OCH3 is 2. The number of carbonyl (C=O) groups is 1. The third kappa shape index (κ3) is 6.93. The Kier molecular flexibility index (Phi) is 8.52. The Balaban J connectivity index is 1.46. The number of carbonyl (C=O) groups excluding carboxylic acids is 1. The molecule has 196 valence electrons. The van der Waals surface area contributed by atoms with E-state index in [1.807, 2.05) is 12.1 Å². The number of nitrogens with zero attached hydrogens (tertiary/aromatic N) is 1. The second kappa shape index (κ2) is 12.0. The summed E-state index contributed by atoms with van der Waals surface area (Å²) in [6, 6.07) is 19.5. The maximum absolute atomic E-state index is 13.2. The van der Waals surface area contributed by atoms with E-state index in [2.05, 4.69) is 5.32 Å². The van der Waals surface area contributed by atoms with Crippen LogP contribution < -0.4 is 19.0 Å². The van der Waals surface area contributed by atoms with Crippen molar-refractivity contribution in [3.05, 3.63) is 78.4 Å². The van der Waals surface area contributed by atoms with Crippen LogP contribution in [0.15, 0.2) is 77.7 Å². The Morgan fingerprint density at radius 3 is 2.32 bits per heavy atom. The number of ether oxygens (including phenoxy) is 3. The molecule has 0 aliphatic carbocycles. The third-order valence-electron chi connectivity index (χ3n) is 5.93. The minimum atomic E-state index is -4.00. The number of para-hydroxylation sites is 2. The molecule has 0 aromatic heterocycles. The van der Waals surface area contributed by atoms with Gasteiger partial charge < -0.3 is 28.6 Å². The molecule has 1 heterocycles. The fraction of sp³-hybridized carbons (Fsp3) is 0.296. The lowest BCUT2D eigenvalue weighted by Gasteiger charge is -2.26. The Morgan fingerprint density at radius 2 is 1.68 bits per heavy atom. The van der Waals surface area contributed by atoms with Gasteiger partial charge in [-0.05, 0) is 66.9 Å². The van der Waals surface area contributed by atoms with Crippen LogP contribution in [0.4, 0.5) is 10.5 Å². The van der Waals surface area contributed by atoms with Crippen LogP contribution in [-0.4, -0.2) is 52.8 Å². The normalized spacial score (nSPS) is 15.1. The Morgan fingerprint density at radius 1 is 0.973 bits per heavy atom. The number of hydrogen-bond acceptors (Lipinski definition) is 7. The van der Waals surface area contributed by atoms with Gasteiger partial charge in [0.15, 0.2) is 0 Å². The predicted octanol–water partition coefficient (Wildman–Crippen LogP) is 4.68. The topological polar surface area (TPSA) is 103 Å². The zero-order chi connectivity index (χ0) is 26.3. The molecule has 0 radical (unpaired) electrons. The lowest BCUT2D eigenvalue weighted by Crippen LogP contribution is -2.39. The number of amides is 2. The molecule has 9 nitrogen and oxygen atoms in total. The van der Waals surface area contributed by atoms with Crippen LogP contribution in [0.1, 0.15) is 18.4 Å². The predicted molar refractivity (Wildman–Crippen MR) is 139 cm³/mol. The van der Waals surface area contributed by atoms with Gasteiger partial charge in [-0.3, -0.25) is 0 Å². The van der Waals surface area contributed by atoms with E-state index < -0.39 is 10.1 Å². The molecule has 37 heavy (non-hydrogen) atoms. The van der Waals surface area contributed by atoms with Crippen LogP contribution >= 0.6 is 0 Å². The van der Waals surface area contributed by atoms with Crippen LogP contribution in [0.3, 0.4) is 0 Å². The van der Waals surface area contributed by atoms with Gasteiger partial charge in [0.25, 0.3) is 0 Å². The molecular weight excluding hydrogens is 496 g/mol. The fourth-order valence-electron chi connectivity index (χ4n) is 3.98. The molecule has 1 aliphatic rings. The standard InChI is InChI=1S/C27H30N2O7S/c1-33-21-13-15-24(16-14-21)37(31,32)36-22-11-9-20(10-12-22)18-29(19-23-6-5-17-35-23)27(30)28-25-7-3-4-8-26(25)34-2/h3-4,7-16,23H,5-6,17-19H2,1-2H3,(H,28,30). The zero-order valence-corrected chi connectivity index (χ0v) is 21.6. The summed E-state index contributed by atoms with van der Waals surface area (Å²) in [5, 5.41) is 2.92. The van der Waals surface area contributed by atoms with Crippen molar-refractivity contribution in [1.29, 1.82) is 0 Å². The van der Waals surface area contributed by atoms with Crippen LogP contribution in [0.5, 0.6) is 17.2 Å². The summed E-state index contributed by atoms with van der Waals surface area (Å²) < 4.78 is 46.7. The van der Waals surface area contributed by atoms with Gasteiger partial charge >= 0.3 is 16.1 Å². The Hall–Kier alpha value is -3.76. The van der Waals surface area contributed by atoms with Gasteiger partial charge in [-0.1, -0.05) is 24.3 Å². The SMILES string of the molecule is COc1ccc(S(=O)(=O)Oc2ccc(CN(CC3CCCO3)C(=O)Nc3ccccc3OC)cc2)cc1. The first-order valence-electron chi connectivity index (χ1n) is 11.9. The van der Waals surface area contributed by atoms with Crippen LogP contribution in [-0.2, 0) is 21.4 Å². The molecular formula is C27H30N2O7S. The molecule has 1 fully saturated rings. The Bertz CT molecular complexity index is 1290. The highest BCUT2D eigenvalue weighted by atomic mass is 32.2. The highest BCUT2D eigenvalue weighted by Gasteiger charge is 2.24. The molecule has 0 bridgehead atoms. The highest BCUT2D eigenvalue weighted by Crippen LogP contribution is 2.25. The van der Waals surface area contributed by atoms with Gasteiger partial charge in [0.2, 0.25) is 0 Å². The van der Waals surface area contributed by atoms with Crippen molar-refractivity contribution in [3.8, 4) is 17.2 Å². The largest absolute Gasteiger partial charge is 0.497 e. The summed E-state index contributed by atoms with van der Waals surface area (Å²) in [6.07, 6.45) is 1.80. The van der Waals surface area contributed by atoms with Crippen molar-refractivity contribution in [1.82, 2.24) is 4.90 Å². The molecule has 1 N–H and O–H groups in total. The van der Waals surface area contributed by atoms with Crippen LogP contribution in [0.25, 0.3) is 0 Å². The van der Waals surface area contributed by atoms with Crippen LogP contribution in [0.2, 0.25) is 0 Å². The van der Waals surface area contributed by atoms with E-state index in [-0.39, 0.29) is 22.8 Å². The van der Waals surface area contributed by atoms with E-state index in [0.717, 1.165) is 18.4 Å². The molecule has 3 aromatic rings. The molecule has 0 spiro atoms. The average molecular weight is 527 g/mol. The van der Waals surface area contributed by atoms with E-state index in [9.17, 15) is 13.2 Å². The quantitative estimate of drug-likeness (QED) is 0.383. The van der Waals surface area contributed by atoms with E-state index in [1.54, 1.807) is 60.5 Å². The molecule has 4 rings (SSSR count). The average Bonchev–Trinajstić information content (AvgIpc) is 3.43. The van der Waals surface area contributed by atoms with Crippen molar-refractivity contribution in [2.45, 2.75) is 30.4 Å². The van der Waals surface area contributed by atoms with E-state index in [0.29, 0.717) is 36.9 Å². The number of anilines is 1. The van der Waals surface area contributed by atoms with Crippen molar-refractivity contribution in [2.24, 2.45) is 0 Å². The van der Waals surface area contributed by atoms with Gasteiger partial charge in [-0.2, -0.15) is 8.42 Å². The number of rotatable bonds is 10. The second-order valence-corrected chi connectivity index (χ2v) is 10.0. The summed E-state index contributed by atoms with van der Waals surface area (Å²) in [5.74, 6) is 1.28. The van der Waals surface area contributed by atoms with E-state index >= 15 is 0 Å². The number of urea groups is 1. The van der Waals surface area contributed by atoms with Gasteiger partial charge in [-0.15, -0.1) is 0 Å². The molecule has 1 saturated heterocycles. The summed E-state index contributed by atoms with van der Waals surface area (Å²) >= 11 is 0. The maximum atomic E-state index is 13.2. The molecule has 10 heteroatoms. The van der Waals surface area contributed by atoms with Gasteiger partial charge in [0.1, 0.15) is 22.1 Å². The molecule has 1 aliphatic heterocycles. The minimum Gasteiger partial charge on any atom is -0.497 e. The molecule has 1 atom stereocenters. The van der Waals surface area contributed by atoms with Crippen molar-refractivity contribution < 1.29 is 31.6 Å². The lowest BCUT2D eigenvalue weighted by molar-refractivity contribution is 0.0819. The van der Waals surface area contributed by atoms with Crippen molar-refractivity contribution in [3.63, 3.8) is 0 Å². The van der Waals surface area contributed by atoms with Crippen molar-refractivity contribution >= 4 is 21.8 Å². The highest BCUT2D eigenvalue weighted by molar-refractivity contribution is 7.87. The minimum absolute atomic E-state index is 0.0214. The van der Waals surface area contributed by atoms with Gasteiger partial charge in [0.05, 0.1) is 26.0 Å². The Labute approximate surface area is 217 Å². The zero-order valence-electron chi connectivity index (χ0n) is 20.8. The first-order chi connectivity index (χ1) is 17.9. The summed E-state index contributed by atoms with van der Waals surface area (Å²) in [5.41, 5.74) is 1.38. The van der Waals surface area contributed by atoms with Gasteiger partial charge in [-0.25, -0.2) is 4.79 Å².